The number of rotatable bonds is 1. The molecule has 1 rings (SSSR count). The lowest BCUT2D eigenvalue weighted by molar-refractivity contribution is -0.394. The summed E-state index contributed by atoms with van der Waals surface area (Å²) in [6, 6.07) is 0. The van der Waals surface area contributed by atoms with Gasteiger partial charge in [-0.15, -0.1) is 0 Å². The first-order valence-electron chi connectivity index (χ1n) is 7.60. The molecule has 0 aromatic rings. The largest absolute Gasteiger partial charge is 0.251 e. The van der Waals surface area contributed by atoms with Crippen LogP contribution in [0.5, 0.6) is 0 Å². The SMILES string of the molecule is CC1CC(C)(C)C(C(C)(C)C)C(OO)(C(C)(C)C)C1. The average Bonchev–Trinajstić information content (AvgIpc) is 2.09. The summed E-state index contributed by atoms with van der Waals surface area (Å²) in [5.74, 6) is 0.883. The highest BCUT2D eigenvalue weighted by atomic mass is 17.1. The summed E-state index contributed by atoms with van der Waals surface area (Å²) in [6.45, 7) is 20.3. The highest BCUT2D eigenvalue weighted by Gasteiger charge is 2.61. The summed E-state index contributed by atoms with van der Waals surface area (Å²) in [4.78, 5) is 5.29. The third-order valence-electron chi connectivity index (χ3n) is 5.07. The molecule has 19 heavy (non-hydrogen) atoms. The maximum Gasteiger partial charge on any atom is 0.112 e. The summed E-state index contributed by atoms with van der Waals surface area (Å²) in [6.07, 6.45) is 2.12. The summed E-state index contributed by atoms with van der Waals surface area (Å²) >= 11 is 0. The molecule has 0 radical (unpaired) electrons. The van der Waals surface area contributed by atoms with Crippen LogP contribution >= 0.6 is 0 Å². The maximum atomic E-state index is 9.86. The van der Waals surface area contributed by atoms with Crippen LogP contribution in [0.25, 0.3) is 0 Å². The van der Waals surface area contributed by atoms with E-state index in [1.807, 2.05) is 0 Å². The molecule has 0 bridgehead atoms. The minimum atomic E-state index is -0.480. The minimum absolute atomic E-state index is 0.0916. The van der Waals surface area contributed by atoms with Crippen molar-refractivity contribution in [2.24, 2.45) is 28.1 Å². The van der Waals surface area contributed by atoms with Gasteiger partial charge in [0.15, 0.2) is 0 Å². The second-order valence-electron chi connectivity index (χ2n) is 9.53. The molecular weight excluding hydrogens is 236 g/mol. The normalized spacial score (nSPS) is 36.3. The molecule has 1 aliphatic rings. The van der Waals surface area contributed by atoms with Gasteiger partial charge in [-0.05, 0) is 35.0 Å². The van der Waals surface area contributed by atoms with Crippen molar-refractivity contribution >= 4 is 0 Å². The zero-order valence-corrected chi connectivity index (χ0v) is 14.4. The van der Waals surface area contributed by atoms with Crippen molar-refractivity contribution in [3.05, 3.63) is 0 Å². The topological polar surface area (TPSA) is 29.5 Å². The van der Waals surface area contributed by atoms with Crippen LogP contribution in [0.3, 0.4) is 0 Å². The minimum Gasteiger partial charge on any atom is -0.251 e. The molecule has 2 heteroatoms. The standard InChI is InChI=1S/C17H34O2/c1-12-10-16(8,9)13(14(2,3)4)17(11-12,19-18)15(5,6)7/h12-13,18H,10-11H2,1-9H3. The van der Waals surface area contributed by atoms with Crippen LogP contribution in [0.15, 0.2) is 0 Å². The van der Waals surface area contributed by atoms with Gasteiger partial charge in [0.1, 0.15) is 5.60 Å². The van der Waals surface area contributed by atoms with E-state index in [0.717, 1.165) is 6.42 Å². The second kappa shape index (κ2) is 4.73. The van der Waals surface area contributed by atoms with E-state index in [4.69, 9.17) is 4.89 Å². The highest BCUT2D eigenvalue weighted by molar-refractivity contribution is 5.09. The lowest BCUT2D eigenvalue weighted by Crippen LogP contribution is -2.63. The molecule has 1 saturated carbocycles. The highest BCUT2D eigenvalue weighted by Crippen LogP contribution is 2.61. The molecule has 0 aromatic carbocycles. The molecule has 0 spiro atoms. The monoisotopic (exact) mass is 270 g/mol. The molecule has 0 aromatic heterocycles. The van der Waals surface area contributed by atoms with Crippen LogP contribution in [0, 0.1) is 28.1 Å². The molecule has 0 saturated heterocycles. The average molecular weight is 270 g/mol. The van der Waals surface area contributed by atoms with Gasteiger partial charge in [-0.1, -0.05) is 62.3 Å². The molecule has 0 amide bonds. The number of hydrogen-bond donors (Lipinski definition) is 1. The molecule has 1 N–H and O–H groups in total. The quantitative estimate of drug-likeness (QED) is 0.512. The lowest BCUT2D eigenvalue weighted by atomic mass is 9.46. The molecule has 1 aliphatic carbocycles. The predicted molar refractivity (Wildman–Crippen MR) is 81.0 cm³/mol. The van der Waals surface area contributed by atoms with Gasteiger partial charge < -0.3 is 0 Å². The van der Waals surface area contributed by atoms with Gasteiger partial charge in [0, 0.05) is 5.92 Å². The Morgan fingerprint density at radius 3 is 1.79 bits per heavy atom. The van der Waals surface area contributed by atoms with Crippen LogP contribution in [0.2, 0.25) is 0 Å². The Kier molecular flexibility index (Phi) is 4.23. The lowest BCUT2D eigenvalue weighted by Gasteiger charge is -2.61. The van der Waals surface area contributed by atoms with Crippen LogP contribution in [-0.2, 0) is 4.89 Å². The molecule has 0 aliphatic heterocycles. The van der Waals surface area contributed by atoms with E-state index < -0.39 is 5.60 Å². The van der Waals surface area contributed by atoms with Crippen molar-refractivity contribution in [3.8, 4) is 0 Å². The molecule has 3 unspecified atom stereocenters. The summed E-state index contributed by atoms with van der Waals surface area (Å²) in [5, 5.41) is 9.86. The Hall–Kier alpha value is -0.0800. The summed E-state index contributed by atoms with van der Waals surface area (Å²) < 4.78 is 0. The van der Waals surface area contributed by atoms with E-state index in [-0.39, 0.29) is 16.2 Å². The molecule has 0 heterocycles. The van der Waals surface area contributed by atoms with Gasteiger partial charge in [-0.3, -0.25) is 5.26 Å². The zero-order chi connectivity index (χ0) is 15.3. The molecule has 3 atom stereocenters. The van der Waals surface area contributed by atoms with Crippen LogP contribution in [0.1, 0.15) is 75.2 Å². The van der Waals surface area contributed by atoms with Crippen molar-refractivity contribution in [2.75, 3.05) is 0 Å². The van der Waals surface area contributed by atoms with Crippen molar-refractivity contribution in [1.82, 2.24) is 0 Å². The van der Waals surface area contributed by atoms with E-state index in [1.54, 1.807) is 0 Å². The van der Waals surface area contributed by atoms with Gasteiger partial charge in [0.25, 0.3) is 0 Å². The molecular formula is C17H34O2. The van der Waals surface area contributed by atoms with Gasteiger partial charge in [0.2, 0.25) is 0 Å². The fraction of sp³-hybridized carbons (Fsp3) is 1.00. The van der Waals surface area contributed by atoms with Crippen molar-refractivity contribution in [2.45, 2.75) is 80.8 Å². The van der Waals surface area contributed by atoms with Gasteiger partial charge in [0.05, 0.1) is 0 Å². The van der Waals surface area contributed by atoms with E-state index >= 15 is 0 Å². The third-order valence-corrected chi connectivity index (χ3v) is 5.07. The van der Waals surface area contributed by atoms with Crippen molar-refractivity contribution < 1.29 is 10.1 Å². The summed E-state index contributed by atoms with van der Waals surface area (Å²) in [5.41, 5.74) is -0.316. The fourth-order valence-corrected chi connectivity index (χ4v) is 5.19. The van der Waals surface area contributed by atoms with E-state index in [1.165, 1.54) is 6.42 Å². The van der Waals surface area contributed by atoms with Crippen molar-refractivity contribution in [1.29, 1.82) is 0 Å². The first-order valence-corrected chi connectivity index (χ1v) is 7.60. The van der Waals surface area contributed by atoms with E-state index in [0.29, 0.717) is 11.8 Å². The van der Waals surface area contributed by atoms with Crippen LogP contribution < -0.4 is 0 Å². The van der Waals surface area contributed by atoms with Gasteiger partial charge in [-0.2, -0.15) is 0 Å². The van der Waals surface area contributed by atoms with Crippen LogP contribution in [0.4, 0.5) is 0 Å². The predicted octanol–water partition coefficient (Wildman–Crippen LogP) is 5.38. The first kappa shape index (κ1) is 17.0. The van der Waals surface area contributed by atoms with E-state index in [2.05, 4.69) is 62.3 Å². The summed E-state index contributed by atoms with van der Waals surface area (Å²) in [7, 11) is 0. The first-order chi connectivity index (χ1) is 8.28. The maximum absolute atomic E-state index is 9.86. The Bertz CT molecular complexity index is 319. The molecule has 2 nitrogen and oxygen atoms in total. The van der Waals surface area contributed by atoms with Gasteiger partial charge >= 0.3 is 0 Å². The zero-order valence-electron chi connectivity index (χ0n) is 14.4. The second-order valence-corrected chi connectivity index (χ2v) is 9.53. The third kappa shape index (κ3) is 2.85. The Labute approximate surface area is 119 Å². The Morgan fingerprint density at radius 2 is 1.47 bits per heavy atom. The Balaban J connectivity index is 3.45. The van der Waals surface area contributed by atoms with E-state index in [9.17, 15) is 5.26 Å². The number of hydrogen-bond acceptors (Lipinski definition) is 2. The Morgan fingerprint density at radius 1 is 1.00 bits per heavy atom. The molecule has 114 valence electrons. The fourth-order valence-electron chi connectivity index (χ4n) is 5.19. The molecule has 1 fully saturated rings. The van der Waals surface area contributed by atoms with Crippen LogP contribution in [-0.4, -0.2) is 10.9 Å². The smallest absolute Gasteiger partial charge is 0.112 e. The van der Waals surface area contributed by atoms with Gasteiger partial charge in [-0.25, -0.2) is 4.89 Å². The van der Waals surface area contributed by atoms with Crippen molar-refractivity contribution in [3.63, 3.8) is 0 Å².